The number of morpholine rings is 1. The Hall–Kier alpha value is -1.35. The SMILES string of the molecule is O=C(NC1CCc2cc(Cl)ccc21)c1cc(S(=O)(=O)N2CCOCC2)c(Cl)cc1Cl. The van der Waals surface area contributed by atoms with E-state index in [0.29, 0.717) is 18.2 Å². The number of hydrogen-bond acceptors (Lipinski definition) is 4. The summed E-state index contributed by atoms with van der Waals surface area (Å²) >= 11 is 18.5. The quantitative estimate of drug-likeness (QED) is 0.702. The van der Waals surface area contributed by atoms with Crippen LogP contribution in [0.2, 0.25) is 15.1 Å². The fourth-order valence-corrected chi connectivity index (χ4v) is 6.24. The number of aryl methyl sites for hydroxylation is 1. The summed E-state index contributed by atoms with van der Waals surface area (Å²) in [5.74, 6) is -0.456. The molecule has 1 heterocycles. The van der Waals surface area contributed by atoms with Crippen LogP contribution < -0.4 is 5.32 Å². The third-order valence-corrected chi connectivity index (χ3v) is 8.25. The predicted octanol–water partition coefficient (Wildman–Crippen LogP) is 4.09. The highest BCUT2D eigenvalue weighted by Gasteiger charge is 2.31. The first kappa shape index (κ1) is 21.9. The summed E-state index contributed by atoms with van der Waals surface area (Å²) in [4.78, 5) is 12.8. The second kappa shape index (κ2) is 8.65. The van der Waals surface area contributed by atoms with E-state index in [1.807, 2.05) is 12.1 Å². The zero-order valence-electron chi connectivity index (χ0n) is 15.8. The molecule has 1 saturated heterocycles. The van der Waals surface area contributed by atoms with E-state index in [-0.39, 0.29) is 39.6 Å². The molecular weight excluding hydrogens is 471 g/mol. The summed E-state index contributed by atoms with van der Waals surface area (Å²) in [6.45, 7) is 1.07. The van der Waals surface area contributed by atoms with Crippen LogP contribution in [0.25, 0.3) is 0 Å². The fourth-order valence-electron chi connectivity index (χ4n) is 3.80. The van der Waals surface area contributed by atoms with Gasteiger partial charge in [-0.15, -0.1) is 0 Å². The molecule has 1 atom stereocenters. The lowest BCUT2D eigenvalue weighted by atomic mass is 10.1. The van der Waals surface area contributed by atoms with E-state index in [1.165, 1.54) is 16.4 Å². The van der Waals surface area contributed by atoms with Gasteiger partial charge in [0.1, 0.15) is 4.90 Å². The van der Waals surface area contributed by atoms with Crippen LogP contribution in [0.5, 0.6) is 0 Å². The van der Waals surface area contributed by atoms with E-state index in [2.05, 4.69) is 5.32 Å². The smallest absolute Gasteiger partial charge is 0.253 e. The standard InChI is InChI=1S/C20H19Cl3N2O4S/c21-13-2-3-14-12(9-13)1-4-18(14)24-20(26)15-10-19(17(23)11-16(15)22)30(27,28)25-5-7-29-8-6-25/h2-3,9-11,18H,1,4-8H2,(H,24,26). The first-order chi connectivity index (χ1) is 14.3. The maximum absolute atomic E-state index is 13.0. The molecule has 0 aromatic heterocycles. The summed E-state index contributed by atoms with van der Waals surface area (Å²) in [7, 11) is -3.88. The number of carbonyl (C=O) groups is 1. The van der Waals surface area contributed by atoms with Gasteiger partial charge in [0, 0.05) is 18.1 Å². The van der Waals surface area contributed by atoms with Gasteiger partial charge >= 0.3 is 0 Å². The van der Waals surface area contributed by atoms with Gasteiger partial charge in [0.15, 0.2) is 0 Å². The highest BCUT2D eigenvalue weighted by molar-refractivity contribution is 7.89. The zero-order valence-corrected chi connectivity index (χ0v) is 18.9. The van der Waals surface area contributed by atoms with Crippen LogP contribution in [0.1, 0.15) is 33.9 Å². The third kappa shape index (κ3) is 4.20. The Morgan fingerprint density at radius 2 is 1.80 bits per heavy atom. The Morgan fingerprint density at radius 3 is 2.53 bits per heavy atom. The van der Waals surface area contributed by atoms with E-state index in [0.717, 1.165) is 24.0 Å². The Morgan fingerprint density at radius 1 is 1.07 bits per heavy atom. The van der Waals surface area contributed by atoms with Crippen molar-refractivity contribution < 1.29 is 17.9 Å². The van der Waals surface area contributed by atoms with Gasteiger partial charge in [0.05, 0.1) is 34.9 Å². The molecule has 160 valence electrons. The van der Waals surface area contributed by atoms with Crippen molar-refractivity contribution in [2.75, 3.05) is 26.3 Å². The van der Waals surface area contributed by atoms with Crippen molar-refractivity contribution >= 4 is 50.7 Å². The van der Waals surface area contributed by atoms with Crippen molar-refractivity contribution in [2.45, 2.75) is 23.8 Å². The van der Waals surface area contributed by atoms with Gasteiger partial charge in [-0.2, -0.15) is 4.31 Å². The molecule has 0 saturated carbocycles. The largest absolute Gasteiger partial charge is 0.379 e. The summed E-state index contributed by atoms with van der Waals surface area (Å²) in [5.41, 5.74) is 2.15. The summed E-state index contributed by atoms with van der Waals surface area (Å²) < 4.78 is 32.6. The van der Waals surface area contributed by atoms with Crippen molar-refractivity contribution in [3.8, 4) is 0 Å². The number of nitrogens with zero attached hydrogens (tertiary/aromatic N) is 1. The van der Waals surface area contributed by atoms with E-state index in [1.54, 1.807) is 6.07 Å². The maximum Gasteiger partial charge on any atom is 0.253 e. The van der Waals surface area contributed by atoms with Gasteiger partial charge in [0.25, 0.3) is 5.91 Å². The number of amides is 1. The molecule has 1 aliphatic carbocycles. The number of sulfonamides is 1. The number of carbonyl (C=O) groups excluding carboxylic acids is 1. The molecule has 1 unspecified atom stereocenters. The Kier molecular flexibility index (Phi) is 6.30. The molecule has 2 aromatic rings. The van der Waals surface area contributed by atoms with Gasteiger partial charge in [-0.3, -0.25) is 4.79 Å². The number of nitrogens with one attached hydrogen (secondary N) is 1. The van der Waals surface area contributed by atoms with Crippen molar-refractivity contribution in [1.29, 1.82) is 0 Å². The Labute approximate surface area is 190 Å². The molecule has 10 heteroatoms. The van der Waals surface area contributed by atoms with E-state index >= 15 is 0 Å². The number of hydrogen-bond donors (Lipinski definition) is 1. The summed E-state index contributed by atoms with van der Waals surface area (Å²) in [6, 6.07) is 7.93. The molecule has 4 rings (SSSR count). The molecular formula is C20H19Cl3N2O4S. The number of fused-ring (bicyclic) bond motifs is 1. The van der Waals surface area contributed by atoms with Crippen LogP contribution in [-0.2, 0) is 21.2 Å². The van der Waals surface area contributed by atoms with Gasteiger partial charge < -0.3 is 10.1 Å². The van der Waals surface area contributed by atoms with E-state index in [4.69, 9.17) is 39.5 Å². The van der Waals surface area contributed by atoms with Crippen LogP contribution >= 0.6 is 34.8 Å². The number of ether oxygens (including phenoxy) is 1. The average Bonchev–Trinajstić information content (AvgIpc) is 3.10. The molecule has 1 amide bonds. The van der Waals surface area contributed by atoms with Gasteiger partial charge in [-0.1, -0.05) is 40.9 Å². The van der Waals surface area contributed by atoms with Crippen molar-refractivity contribution in [3.05, 3.63) is 62.1 Å². The summed E-state index contributed by atoms with van der Waals surface area (Å²) in [5, 5.41) is 3.67. The monoisotopic (exact) mass is 488 g/mol. The number of rotatable bonds is 4. The lowest BCUT2D eigenvalue weighted by Gasteiger charge is -2.26. The molecule has 30 heavy (non-hydrogen) atoms. The predicted molar refractivity (Wildman–Crippen MR) is 116 cm³/mol. The first-order valence-corrected chi connectivity index (χ1v) is 12.0. The normalized spacial score (nSPS) is 19.5. The topological polar surface area (TPSA) is 75.7 Å². The lowest BCUT2D eigenvalue weighted by Crippen LogP contribution is -2.40. The molecule has 1 N–H and O–H groups in total. The van der Waals surface area contributed by atoms with E-state index < -0.39 is 15.9 Å². The van der Waals surface area contributed by atoms with Crippen molar-refractivity contribution in [1.82, 2.24) is 9.62 Å². The molecule has 0 bridgehead atoms. The van der Waals surface area contributed by atoms with Gasteiger partial charge in [0.2, 0.25) is 10.0 Å². The maximum atomic E-state index is 13.0. The average molecular weight is 490 g/mol. The van der Waals surface area contributed by atoms with Crippen LogP contribution in [0.3, 0.4) is 0 Å². The number of benzene rings is 2. The molecule has 1 aliphatic heterocycles. The minimum absolute atomic E-state index is 0.0242. The molecule has 6 nitrogen and oxygen atoms in total. The second-order valence-electron chi connectivity index (χ2n) is 7.19. The highest BCUT2D eigenvalue weighted by Crippen LogP contribution is 2.35. The van der Waals surface area contributed by atoms with Crippen LogP contribution in [-0.4, -0.2) is 44.9 Å². The molecule has 0 radical (unpaired) electrons. The fraction of sp³-hybridized carbons (Fsp3) is 0.350. The lowest BCUT2D eigenvalue weighted by molar-refractivity contribution is 0.0730. The zero-order chi connectivity index (χ0) is 21.5. The third-order valence-electron chi connectivity index (χ3n) is 5.34. The minimum atomic E-state index is -3.88. The van der Waals surface area contributed by atoms with Crippen LogP contribution in [0.15, 0.2) is 35.2 Å². The van der Waals surface area contributed by atoms with Crippen molar-refractivity contribution in [3.63, 3.8) is 0 Å². The molecule has 2 aliphatic rings. The van der Waals surface area contributed by atoms with Gasteiger partial charge in [-0.05, 0) is 48.2 Å². The highest BCUT2D eigenvalue weighted by atomic mass is 35.5. The molecule has 2 aromatic carbocycles. The molecule has 1 fully saturated rings. The second-order valence-corrected chi connectivity index (χ2v) is 10.3. The first-order valence-electron chi connectivity index (χ1n) is 9.43. The van der Waals surface area contributed by atoms with Crippen LogP contribution in [0.4, 0.5) is 0 Å². The van der Waals surface area contributed by atoms with E-state index in [9.17, 15) is 13.2 Å². The van der Waals surface area contributed by atoms with Crippen molar-refractivity contribution in [2.24, 2.45) is 0 Å². The Bertz CT molecular complexity index is 1100. The summed E-state index contributed by atoms with van der Waals surface area (Å²) in [6.07, 6.45) is 1.53. The van der Waals surface area contributed by atoms with Gasteiger partial charge in [-0.25, -0.2) is 8.42 Å². The van der Waals surface area contributed by atoms with Crippen LogP contribution in [0, 0.1) is 0 Å². The Balaban J connectivity index is 1.62. The minimum Gasteiger partial charge on any atom is -0.379 e. The number of halogens is 3. The molecule has 0 spiro atoms.